The highest BCUT2D eigenvalue weighted by molar-refractivity contribution is 7.98. The van der Waals surface area contributed by atoms with Crippen molar-refractivity contribution in [3.05, 3.63) is 0 Å². The van der Waals surface area contributed by atoms with Gasteiger partial charge in [-0.1, -0.05) is 0 Å². The van der Waals surface area contributed by atoms with Crippen LogP contribution in [0.3, 0.4) is 0 Å². The molecule has 2 amide bonds. The van der Waals surface area contributed by atoms with E-state index in [4.69, 9.17) is 5.11 Å². The summed E-state index contributed by atoms with van der Waals surface area (Å²) in [6.45, 7) is 2.80. The number of hydrogen-bond donors (Lipinski definition) is 1. The molecule has 1 saturated heterocycles. The molecule has 2 unspecified atom stereocenters. The maximum atomic E-state index is 12.6. The molecule has 0 radical (unpaired) electrons. The SMILES string of the molecule is CSCC(C)N(C)C(=O)N1CCCCC1CCC(=O)O. The van der Waals surface area contributed by atoms with E-state index in [-0.39, 0.29) is 24.5 Å². The highest BCUT2D eigenvalue weighted by Crippen LogP contribution is 2.23. The number of rotatable bonds is 6. The van der Waals surface area contributed by atoms with E-state index in [0.29, 0.717) is 6.42 Å². The maximum absolute atomic E-state index is 12.6. The third-order valence-corrected chi connectivity index (χ3v) is 4.75. The van der Waals surface area contributed by atoms with E-state index < -0.39 is 5.97 Å². The minimum absolute atomic E-state index is 0.0432. The molecule has 0 aromatic heterocycles. The molecule has 20 heavy (non-hydrogen) atoms. The molecule has 1 N–H and O–H groups in total. The highest BCUT2D eigenvalue weighted by Gasteiger charge is 2.30. The molecule has 116 valence electrons. The topological polar surface area (TPSA) is 60.9 Å². The van der Waals surface area contributed by atoms with Crippen molar-refractivity contribution in [1.82, 2.24) is 9.80 Å². The Balaban J connectivity index is 2.63. The van der Waals surface area contributed by atoms with Gasteiger partial charge in [-0.2, -0.15) is 11.8 Å². The lowest BCUT2D eigenvalue weighted by atomic mass is 9.98. The van der Waals surface area contributed by atoms with Gasteiger partial charge in [0.2, 0.25) is 0 Å². The van der Waals surface area contributed by atoms with Crippen molar-refractivity contribution >= 4 is 23.8 Å². The first-order chi connectivity index (χ1) is 9.47. The van der Waals surface area contributed by atoms with Gasteiger partial charge in [0.05, 0.1) is 0 Å². The Morgan fingerprint density at radius 1 is 1.45 bits per heavy atom. The summed E-state index contributed by atoms with van der Waals surface area (Å²) in [6.07, 6.45) is 5.75. The summed E-state index contributed by atoms with van der Waals surface area (Å²) >= 11 is 1.73. The van der Waals surface area contributed by atoms with Crippen molar-refractivity contribution in [3.8, 4) is 0 Å². The summed E-state index contributed by atoms with van der Waals surface area (Å²) in [6, 6.07) is 0.317. The molecule has 1 aliphatic heterocycles. The van der Waals surface area contributed by atoms with E-state index in [1.807, 2.05) is 25.1 Å². The largest absolute Gasteiger partial charge is 0.481 e. The Morgan fingerprint density at radius 2 is 2.15 bits per heavy atom. The molecule has 0 saturated carbocycles. The first-order valence-corrected chi connectivity index (χ1v) is 8.61. The maximum Gasteiger partial charge on any atom is 0.320 e. The molecule has 0 spiro atoms. The van der Waals surface area contributed by atoms with Gasteiger partial charge in [-0.05, 0) is 38.9 Å². The average molecular weight is 302 g/mol. The number of likely N-dealkylation sites (tertiary alicyclic amines) is 1. The predicted molar refractivity (Wildman–Crippen MR) is 82.2 cm³/mol. The van der Waals surface area contributed by atoms with Crippen LogP contribution in [0.4, 0.5) is 4.79 Å². The Morgan fingerprint density at radius 3 is 2.75 bits per heavy atom. The van der Waals surface area contributed by atoms with Crippen molar-refractivity contribution in [2.75, 3.05) is 25.6 Å². The zero-order chi connectivity index (χ0) is 15.1. The molecule has 5 nitrogen and oxygen atoms in total. The van der Waals surface area contributed by atoms with Gasteiger partial charge in [0.1, 0.15) is 0 Å². The second-order valence-corrected chi connectivity index (χ2v) is 6.38. The number of nitrogens with zero attached hydrogens (tertiary/aromatic N) is 2. The van der Waals surface area contributed by atoms with E-state index in [1.54, 1.807) is 16.7 Å². The van der Waals surface area contributed by atoms with Gasteiger partial charge >= 0.3 is 12.0 Å². The number of urea groups is 1. The van der Waals surface area contributed by atoms with Gasteiger partial charge in [-0.15, -0.1) is 0 Å². The van der Waals surface area contributed by atoms with Gasteiger partial charge in [-0.3, -0.25) is 4.79 Å². The molecule has 1 aliphatic rings. The average Bonchev–Trinajstić information content (AvgIpc) is 2.44. The molecule has 1 rings (SSSR count). The molecule has 1 heterocycles. The van der Waals surface area contributed by atoms with Crippen LogP contribution in [0.2, 0.25) is 0 Å². The van der Waals surface area contributed by atoms with Crippen molar-refractivity contribution in [3.63, 3.8) is 0 Å². The summed E-state index contributed by atoms with van der Waals surface area (Å²) in [7, 11) is 1.84. The first-order valence-electron chi connectivity index (χ1n) is 7.21. The zero-order valence-electron chi connectivity index (χ0n) is 12.7. The smallest absolute Gasteiger partial charge is 0.320 e. The number of amides is 2. The normalized spacial score (nSPS) is 20.6. The van der Waals surface area contributed by atoms with Crippen molar-refractivity contribution in [2.24, 2.45) is 0 Å². The van der Waals surface area contributed by atoms with Crippen LogP contribution in [0.25, 0.3) is 0 Å². The number of carboxylic acid groups (broad SMARTS) is 1. The molecular weight excluding hydrogens is 276 g/mol. The highest BCUT2D eigenvalue weighted by atomic mass is 32.2. The number of carbonyl (C=O) groups excluding carboxylic acids is 1. The minimum Gasteiger partial charge on any atom is -0.481 e. The Labute approximate surface area is 125 Å². The number of thioether (sulfide) groups is 1. The Bertz CT molecular complexity index is 338. The van der Waals surface area contributed by atoms with Crippen LogP contribution in [0.15, 0.2) is 0 Å². The van der Waals surface area contributed by atoms with Crippen LogP contribution >= 0.6 is 11.8 Å². The quantitative estimate of drug-likeness (QED) is 0.819. The fraction of sp³-hybridized carbons (Fsp3) is 0.857. The van der Waals surface area contributed by atoms with E-state index in [2.05, 4.69) is 0 Å². The lowest BCUT2D eigenvalue weighted by Gasteiger charge is -2.39. The van der Waals surface area contributed by atoms with Crippen LogP contribution < -0.4 is 0 Å². The summed E-state index contributed by atoms with van der Waals surface area (Å²) in [5.74, 6) is 0.127. The molecule has 0 aromatic rings. The van der Waals surface area contributed by atoms with Crippen LogP contribution in [0, 0.1) is 0 Å². The molecular formula is C14H26N2O3S. The molecule has 0 aliphatic carbocycles. The fourth-order valence-electron chi connectivity index (χ4n) is 2.59. The van der Waals surface area contributed by atoms with Gasteiger partial charge in [0.15, 0.2) is 0 Å². The number of hydrogen-bond acceptors (Lipinski definition) is 3. The third-order valence-electron chi connectivity index (χ3n) is 3.94. The van der Waals surface area contributed by atoms with Crippen LogP contribution in [0.5, 0.6) is 0 Å². The standard InChI is InChI=1S/C14H26N2O3S/c1-11(10-20-3)15(2)14(19)16-9-5-4-6-12(16)7-8-13(17)18/h11-12H,4-10H2,1-3H3,(H,17,18). The number of carbonyl (C=O) groups is 2. The second kappa shape index (κ2) is 8.39. The Kier molecular flexibility index (Phi) is 7.19. The lowest BCUT2D eigenvalue weighted by Crippen LogP contribution is -2.51. The van der Waals surface area contributed by atoms with Crippen molar-refractivity contribution in [1.29, 1.82) is 0 Å². The first kappa shape index (κ1) is 17.1. The predicted octanol–water partition coefficient (Wildman–Crippen LogP) is 2.51. The number of aliphatic carboxylic acids is 1. The van der Waals surface area contributed by atoms with Gasteiger partial charge in [0, 0.05) is 37.8 Å². The number of piperidine rings is 1. The minimum atomic E-state index is -0.785. The van der Waals surface area contributed by atoms with Crippen LogP contribution in [-0.2, 0) is 4.79 Å². The van der Waals surface area contributed by atoms with Crippen LogP contribution in [-0.4, -0.2) is 64.6 Å². The second-order valence-electron chi connectivity index (χ2n) is 5.47. The molecule has 0 aromatic carbocycles. The summed E-state index contributed by atoms with van der Waals surface area (Å²) < 4.78 is 0. The fourth-order valence-corrected chi connectivity index (χ4v) is 3.29. The number of carboxylic acids is 1. The molecule has 1 fully saturated rings. The zero-order valence-corrected chi connectivity index (χ0v) is 13.5. The van der Waals surface area contributed by atoms with E-state index in [1.165, 1.54) is 0 Å². The lowest BCUT2D eigenvalue weighted by molar-refractivity contribution is -0.137. The summed E-state index contributed by atoms with van der Waals surface area (Å²) in [5.41, 5.74) is 0. The van der Waals surface area contributed by atoms with E-state index >= 15 is 0 Å². The third kappa shape index (κ3) is 4.89. The van der Waals surface area contributed by atoms with Crippen molar-refractivity contribution < 1.29 is 14.7 Å². The monoisotopic (exact) mass is 302 g/mol. The van der Waals surface area contributed by atoms with Gasteiger partial charge in [-0.25, -0.2) is 4.79 Å². The molecule has 0 bridgehead atoms. The summed E-state index contributed by atoms with van der Waals surface area (Å²) in [4.78, 5) is 27.0. The van der Waals surface area contributed by atoms with Gasteiger partial charge in [0.25, 0.3) is 0 Å². The Hall–Kier alpha value is -0.910. The van der Waals surface area contributed by atoms with Crippen molar-refractivity contribution in [2.45, 2.75) is 51.1 Å². The molecule has 6 heteroatoms. The molecule has 2 atom stereocenters. The van der Waals surface area contributed by atoms with E-state index in [0.717, 1.165) is 31.6 Å². The van der Waals surface area contributed by atoms with E-state index in [9.17, 15) is 9.59 Å². The van der Waals surface area contributed by atoms with Gasteiger partial charge < -0.3 is 14.9 Å². The van der Waals surface area contributed by atoms with Crippen LogP contribution in [0.1, 0.15) is 39.0 Å². The summed E-state index contributed by atoms with van der Waals surface area (Å²) in [5, 5.41) is 8.82.